The Morgan fingerprint density at radius 2 is 0.531 bits per heavy atom. The molecule has 0 aliphatic rings. The van der Waals surface area contributed by atoms with Gasteiger partial charge in [-0.25, -0.2) is 4.57 Å². The standard InChI is InChI=1S/C71H142NO8P/c1-3-5-7-9-11-13-15-17-19-21-23-25-26-27-28-29-30-31-32-33-34-35-36-37-38-39-40-41-42-43-44-46-48-50-52-54-56-58-60-62-64-71(74)80-69(68-79-81(75,76)78-66-65-72)67-77-70(73)63-61-59-57-55-53-51-49-47-45-24-22-20-18-16-14-12-10-8-6-4-2/h69H,3-68,72H2,1-2H3,(H,75,76). The molecule has 0 radical (unpaired) electrons. The van der Waals surface area contributed by atoms with Crippen LogP contribution < -0.4 is 5.73 Å². The summed E-state index contributed by atoms with van der Waals surface area (Å²) in [6.45, 7) is 3.84. The number of carbonyl (C=O) groups is 2. The quantitative estimate of drug-likeness (QED) is 0.0347. The second kappa shape index (κ2) is 68.1. The molecule has 0 aromatic rings. The summed E-state index contributed by atoms with van der Waals surface area (Å²) in [5.74, 6) is -0.798. The first-order valence-electron chi connectivity index (χ1n) is 36.5. The number of ether oxygens (including phenoxy) is 2. The highest BCUT2D eigenvalue weighted by Gasteiger charge is 2.26. The van der Waals surface area contributed by atoms with Gasteiger partial charge in [-0.05, 0) is 12.8 Å². The first-order chi connectivity index (χ1) is 39.8. The van der Waals surface area contributed by atoms with Crippen LogP contribution in [0.3, 0.4) is 0 Å². The van der Waals surface area contributed by atoms with Crippen LogP contribution in [0.15, 0.2) is 0 Å². The molecule has 2 unspecified atom stereocenters. The van der Waals surface area contributed by atoms with Crippen LogP contribution in [-0.4, -0.2) is 49.3 Å². The topological polar surface area (TPSA) is 134 Å². The summed E-state index contributed by atoms with van der Waals surface area (Å²) in [7, 11) is -4.38. The van der Waals surface area contributed by atoms with E-state index in [2.05, 4.69) is 13.8 Å². The zero-order valence-electron chi connectivity index (χ0n) is 54.6. The van der Waals surface area contributed by atoms with Crippen LogP contribution >= 0.6 is 7.82 Å². The van der Waals surface area contributed by atoms with Gasteiger partial charge >= 0.3 is 19.8 Å². The van der Waals surface area contributed by atoms with Gasteiger partial charge in [-0.1, -0.05) is 386 Å². The van der Waals surface area contributed by atoms with Crippen molar-refractivity contribution < 1.29 is 37.6 Å². The predicted molar refractivity (Wildman–Crippen MR) is 349 cm³/mol. The molecule has 2 atom stereocenters. The van der Waals surface area contributed by atoms with E-state index in [0.717, 1.165) is 32.1 Å². The fraction of sp³-hybridized carbons (Fsp3) is 0.972. The van der Waals surface area contributed by atoms with Crippen molar-refractivity contribution in [2.45, 2.75) is 418 Å². The molecule has 9 nitrogen and oxygen atoms in total. The number of hydrogen-bond donors (Lipinski definition) is 2. The molecule has 0 saturated carbocycles. The Balaban J connectivity index is 3.70. The fourth-order valence-corrected chi connectivity index (χ4v) is 12.4. The molecule has 0 fully saturated rings. The first-order valence-corrected chi connectivity index (χ1v) is 38.0. The fourth-order valence-electron chi connectivity index (χ4n) is 11.6. The second-order valence-electron chi connectivity index (χ2n) is 25.2. The average Bonchev–Trinajstić information content (AvgIpc) is 3.46. The third kappa shape index (κ3) is 68.0. The molecule has 3 N–H and O–H groups in total. The molecule has 0 aliphatic carbocycles. The maximum atomic E-state index is 12.8. The Kier molecular flexibility index (Phi) is 67.3. The van der Waals surface area contributed by atoms with Crippen LogP contribution in [0.1, 0.15) is 412 Å². The lowest BCUT2D eigenvalue weighted by Gasteiger charge is -2.19. The highest BCUT2D eigenvalue weighted by atomic mass is 31.2. The molecule has 0 aromatic carbocycles. The van der Waals surface area contributed by atoms with E-state index >= 15 is 0 Å². The molecule has 0 amide bonds. The highest BCUT2D eigenvalue weighted by Crippen LogP contribution is 2.43. The summed E-state index contributed by atoms with van der Waals surface area (Å²) in [6, 6.07) is 0. The maximum Gasteiger partial charge on any atom is 0.472 e. The maximum absolute atomic E-state index is 12.8. The van der Waals surface area contributed by atoms with Gasteiger partial charge in [-0.15, -0.1) is 0 Å². The van der Waals surface area contributed by atoms with E-state index in [1.165, 1.54) is 347 Å². The summed E-state index contributed by atoms with van der Waals surface area (Å²) < 4.78 is 33.2. The number of rotatable bonds is 71. The average molecular weight is 1170 g/mol. The Hall–Kier alpha value is -0.990. The Morgan fingerprint density at radius 1 is 0.321 bits per heavy atom. The molecule has 0 aliphatic heterocycles. The van der Waals surface area contributed by atoms with Gasteiger partial charge in [0, 0.05) is 19.4 Å². The summed E-state index contributed by atoms with van der Waals surface area (Å²) >= 11 is 0. The van der Waals surface area contributed by atoms with Crippen molar-refractivity contribution in [1.29, 1.82) is 0 Å². The van der Waals surface area contributed by atoms with E-state index in [-0.39, 0.29) is 32.1 Å². The Labute approximate surface area is 505 Å². The predicted octanol–water partition coefficient (Wildman–Crippen LogP) is 23.8. The van der Waals surface area contributed by atoms with Crippen molar-refractivity contribution in [2.24, 2.45) is 5.73 Å². The van der Waals surface area contributed by atoms with Gasteiger partial charge in [0.25, 0.3) is 0 Å². The number of hydrogen-bond acceptors (Lipinski definition) is 8. The second-order valence-corrected chi connectivity index (χ2v) is 26.6. The molecule has 0 bridgehead atoms. The summed E-state index contributed by atoms with van der Waals surface area (Å²) in [6.07, 6.45) is 80.9. The van der Waals surface area contributed by atoms with Crippen LogP contribution in [0.25, 0.3) is 0 Å². The van der Waals surface area contributed by atoms with Crippen LogP contribution in [0, 0.1) is 0 Å². The van der Waals surface area contributed by atoms with E-state index in [1.54, 1.807) is 0 Å². The van der Waals surface area contributed by atoms with Gasteiger partial charge in [-0.2, -0.15) is 0 Å². The third-order valence-corrected chi connectivity index (χ3v) is 18.0. The van der Waals surface area contributed by atoms with Crippen LogP contribution in [0.2, 0.25) is 0 Å². The zero-order chi connectivity index (χ0) is 58.7. The minimum atomic E-state index is -4.38. The normalized spacial score (nSPS) is 12.8. The number of carbonyl (C=O) groups excluding carboxylic acids is 2. The van der Waals surface area contributed by atoms with E-state index in [9.17, 15) is 19.0 Å². The van der Waals surface area contributed by atoms with E-state index < -0.39 is 26.5 Å². The minimum Gasteiger partial charge on any atom is -0.462 e. The number of nitrogens with two attached hydrogens (primary N) is 1. The van der Waals surface area contributed by atoms with Gasteiger partial charge < -0.3 is 20.1 Å². The van der Waals surface area contributed by atoms with Crippen LogP contribution in [0.4, 0.5) is 0 Å². The molecule has 10 heteroatoms. The smallest absolute Gasteiger partial charge is 0.462 e. The van der Waals surface area contributed by atoms with Crippen molar-refractivity contribution in [2.75, 3.05) is 26.4 Å². The van der Waals surface area contributed by atoms with Crippen molar-refractivity contribution in [1.82, 2.24) is 0 Å². The van der Waals surface area contributed by atoms with Crippen molar-refractivity contribution in [3.63, 3.8) is 0 Å². The van der Waals surface area contributed by atoms with Gasteiger partial charge in [0.2, 0.25) is 0 Å². The van der Waals surface area contributed by atoms with E-state index in [1.807, 2.05) is 0 Å². The van der Waals surface area contributed by atoms with Gasteiger partial charge in [0.1, 0.15) is 6.61 Å². The SMILES string of the molecule is CCCCCCCCCCCCCCCCCCCCCCCCCCCCCCCCCCCCCCCCCCC(=O)OC(COC(=O)CCCCCCCCCCCCCCCCCCCCCC)COP(=O)(O)OCCN. The lowest BCUT2D eigenvalue weighted by Crippen LogP contribution is -2.29. The van der Waals surface area contributed by atoms with Crippen LogP contribution in [0.5, 0.6) is 0 Å². The number of esters is 2. The zero-order valence-corrected chi connectivity index (χ0v) is 55.5. The lowest BCUT2D eigenvalue weighted by atomic mass is 10.0. The molecule has 0 rings (SSSR count). The molecule has 81 heavy (non-hydrogen) atoms. The molecule has 0 heterocycles. The van der Waals surface area contributed by atoms with Crippen LogP contribution in [-0.2, 0) is 32.7 Å². The van der Waals surface area contributed by atoms with Crippen molar-refractivity contribution in [3.8, 4) is 0 Å². The summed E-state index contributed by atoms with van der Waals surface area (Å²) in [5.41, 5.74) is 5.40. The molecule has 0 saturated heterocycles. The van der Waals surface area contributed by atoms with Gasteiger partial charge in [-0.3, -0.25) is 18.6 Å². The molecule has 0 spiro atoms. The third-order valence-electron chi connectivity index (χ3n) is 17.0. The molecule has 484 valence electrons. The van der Waals surface area contributed by atoms with E-state index in [0.29, 0.717) is 12.8 Å². The van der Waals surface area contributed by atoms with Crippen molar-refractivity contribution >= 4 is 19.8 Å². The number of phosphoric ester groups is 1. The largest absolute Gasteiger partial charge is 0.472 e. The first kappa shape index (κ1) is 80.0. The highest BCUT2D eigenvalue weighted by molar-refractivity contribution is 7.47. The van der Waals surface area contributed by atoms with Gasteiger partial charge in [0.15, 0.2) is 6.10 Å². The number of phosphoric acid groups is 1. The number of unbranched alkanes of at least 4 members (excludes halogenated alkanes) is 58. The minimum absolute atomic E-state index is 0.0588. The lowest BCUT2D eigenvalue weighted by molar-refractivity contribution is -0.161. The van der Waals surface area contributed by atoms with E-state index in [4.69, 9.17) is 24.3 Å². The van der Waals surface area contributed by atoms with Crippen molar-refractivity contribution in [3.05, 3.63) is 0 Å². The Bertz CT molecular complexity index is 1290. The Morgan fingerprint density at radius 3 is 0.753 bits per heavy atom. The summed E-state index contributed by atoms with van der Waals surface area (Å²) in [4.78, 5) is 35.3. The van der Waals surface area contributed by atoms with Gasteiger partial charge in [0.05, 0.1) is 13.2 Å². The monoisotopic (exact) mass is 1170 g/mol. The molecule has 0 aromatic heterocycles. The molecular formula is C71H142NO8P. The summed E-state index contributed by atoms with van der Waals surface area (Å²) in [5, 5.41) is 0. The molecular weight excluding hydrogens is 1030 g/mol.